The van der Waals surface area contributed by atoms with Crippen molar-refractivity contribution in [1.29, 1.82) is 0 Å². The monoisotopic (exact) mass is 400 g/mol. The van der Waals surface area contributed by atoms with E-state index in [2.05, 4.69) is 6.58 Å². The highest BCUT2D eigenvalue weighted by molar-refractivity contribution is 6.04. The molecule has 2 atom stereocenters. The summed E-state index contributed by atoms with van der Waals surface area (Å²) in [6.07, 6.45) is 0.647. The minimum atomic E-state index is -0.608. The summed E-state index contributed by atoms with van der Waals surface area (Å²) in [7, 11) is 0. The fourth-order valence-electron chi connectivity index (χ4n) is 3.50. The summed E-state index contributed by atoms with van der Waals surface area (Å²) < 4.78 is 12.0. The lowest BCUT2D eigenvalue weighted by Gasteiger charge is -2.33. The van der Waals surface area contributed by atoms with E-state index in [9.17, 15) is 14.7 Å². The van der Waals surface area contributed by atoms with Crippen LogP contribution < -0.4 is 9.47 Å². The lowest BCUT2D eigenvalue weighted by atomic mass is 9.86. The molecular weight excluding hydrogens is 380 g/mol. The van der Waals surface area contributed by atoms with Gasteiger partial charge in [-0.3, -0.25) is 9.59 Å². The van der Waals surface area contributed by atoms with E-state index in [0.717, 1.165) is 0 Å². The number of hydrogen-bond acceptors (Lipinski definition) is 5. The van der Waals surface area contributed by atoms with E-state index in [-0.39, 0.29) is 23.9 Å². The fourth-order valence-corrected chi connectivity index (χ4v) is 3.50. The first-order valence-corrected chi connectivity index (χ1v) is 9.55. The molecule has 0 aliphatic carbocycles. The molecular formula is C25H20O5. The Hall–Kier alpha value is -3.86. The van der Waals surface area contributed by atoms with Crippen LogP contribution in [0.4, 0.5) is 0 Å². The van der Waals surface area contributed by atoms with Crippen LogP contribution in [0.5, 0.6) is 17.2 Å². The molecule has 3 aromatic carbocycles. The molecule has 0 amide bonds. The van der Waals surface area contributed by atoms with Crippen LogP contribution in [0.15, 0.2) is 85.5 Å². The van der Waals surface area contributed by atoms with Crippen molar-refractivity contribution in [3.05, 3.63) is 102 Å². The van der Waals surface area contributed by atoms with Crippen LogP contribution in [0.3, 0.4) is 0 Å². The summed E-state index contributed by atoms with van der Waals surface area (Å²) >= 11 is 0. The molecule has 0 bridgehead atoms. The van der Waals surface area contributed by atoms with Crippen LogP contribution in [-0.4, -0.2) is 23.3 Å². The number of aromatic hydroxyl groups is 1. The number of allylic oxidation sites excluding steroid dienone is 1. The first-order valence-electron chi connectivity index (χ1n) is 9.55. The van der Waals surface area contributed by atoms with Crippen molar-refractivity contribution in [3.8, 4) is 17.2 Å². The Bertz CT molecular complexity index is 1090. The van der Waals surface area contributed by atoms with Gasteiger partial charge in [-0.25, -0.2) is 0 Å². The van der Waals surface area contributed by atoms with Crippen molar-refractivity contribution in [2.24, 2.45) is 5.92 Å². The maximum absolute atomic E-state index is 13.2. The Morgan fingerprint density at radius 3 is 2.43 bits per heavy atom. The number of carbonyl (C=O) groups excluding carboxylic acids is 2. The van der Waals surface area contributed by atoms with Gasteiger partial charge in [-0.15, -0.1) is 0 Å². The SMILES string of the molecule is C=CC(=O)c1ccc(OC2c3ccc(O)cc3OCC2C(=O)c2ccccc2)cc1. The van der Waals surface area contributed by atoms with Gasteiger partial charge in [-0.2, -0.15) is 0 Å². The second-order valence-electron chi connectivity index (χ2n) is 7.00. The zero-order chi connectivity index (χ0) is 21.1. The smallest absolute Gasteiger partial charge is 0.185 e. The number of fused-ring (bicyclic) bond motifs is 1. The molecule has 0 saturated carbocycles. The van der Waals surface area contributed by atoms with Crippen LogP contribution >= 0.6 is 0 Å². The standard InChI is InChI=1S/C25H20O5/c1-2-22(27)16-8-11-19(12-9-16)30-25-20-13-10-18(26)14-23(20)29-15-21(25)24(28)17-6-4-3-5-7-17/h2-14,21,25-26H,1,15H2. The van der Waals surface area contributed by atoms with E-state index in [1.54, 1.807) is 48.5 Å². The fraction of sp³-hybridized carbons (Fsp3) is 0.120. The van der Waals surface area contributed by atoms with Crippen LogP contribution in [0, 0.1) is 5.92 Å². The molecule has 150 valence electrons. The quantitative estimate of drug-likeness (QED) is 0.477. The van der Waals surface area contributed by atoms with Crippen LogP contribution in [-0.2, 0) is 0 Å². The molecule has 1 aliphatic heterocycles. The Morgan fingerprint density at radius 1 is 1.00 bits per heavy atom. The number of benzene rings is 3. The highest BCUT2D eigenvalue weighted by Crippen LogP contribution is 2.41. The molecule has 0 fully saturated rings. The second kappa shape index (κ2) is 8.25. The molecule has 5 nitrogen and oxygen atoms in total. The predicted molar refractivity (Wildman–Crippen MR) is 112 cm³/mol. The number of ether oxygens (including phenoxy) is 2. The Morgan fingerprint density at radius 2 is 1.73 bits per heavy atom. The number of Topliss-reactive ketones (excluding diaryl/α,β-unsaturated/α-hetero) is 1. The van der Waals surface area contributed by atoms with Gasteiger partial charge in [0.25, 0.3) is 0 Å². The van der Waals surface area contributed by atoms with Gasteiger partial charge in [0.2, 0.25) is 0 Å². The number of phenols is 1. The van der Waals surface area contributed by atoms with Gasteiger partial charge in [0.1, 0.15) is 30.0 Å². The molecule has 30 heavy (non-hydrogen) atoms. The summed E-state index contributed by atoms with van der Waals surface area (Å²) in [5.41, 5.74) is 1.76. The van der Waals surface area contributed by atoms with E-state index in [1.165, 1.54) is 12.1 Å². The maximum atomic E-state index is 13.2. The number of rotatable bonds is 6. The minimum absolute atomic E-state index is 0.0765. The van der Waals surface area contributed by atoms with Crippen molar-refractivity contribution in [1.82, 2.24) is 0 Å². The third-order valence-corrected chi connectivity index (χ3v) is 5.07. The van der Waals surface area contributed by atoms with E-state index < -0.39 is 12.0 Å². The Labute approximate surface area is 174 Å². The minimum Gasteiger partial charge on any atom is -0.508 e. The summed E-state index contributed by atoms with van der Waals surface area (Å²) in [6, 6.07) is 20.5. The highest BCUT2D eigenvalue weighted by Gasteiger charge is 2.38. The molecule has 1 N–H and O–H groups in total. The average Bonchev–Trinajstić information content (AvgIpc) is 2.79. The van der Waals surface area contributed by atoms with Gasteiger partial charge >= 0.3 is 0 Å². The van der Waals surface area contributed by atoms with E-state index >= 15 is 0 Å². The normalized spacial score (nSPS) is 17.3. The van der Waals surface area contributed by atoms with Crippen LogP contribution in [0.1, 0.15) is 32.4 Å². The molecule has 4 rings (SSSR count). The third-order valence-electron chi connectivity index (χ3n) is 5.07. The first kappa shape index (κ1) is 19.5. The van der Waals surface area contributed by atoms with Gasteiger partial charge in [0.15, 0.2) is 11.6 Å². The Kier molecular flexibility index (Phi) is 5.35. The molecule has 1 heterocycles. The third kappa shape index (κ3) is 3.82. The van der Waals surface area contributed by atoms with Crippen molar-refractivity contribution >= 4 is 11.6 Å². The van der Waals surface area contributed by atoms with Gasteiger partial charge in [-0.1, -0.05) is 36.9 Å². The average molecular weight is 400 g/mol. The van der Waals surface area contributed by atoms with Gasteiger partial charge in [0, 0.05) is 22.8 Å². The van der Waals surface area contributed by atoms with Gasteiger partial charge < -0.3 is 14.6 Å². The molecule has 0 saturated heterocycles. The maximum Gasteiger partial charge on any atom is 0.185 e. The van der Waals surface area contributed by atoms with E-state index in [0.29, 0.717) is 28.2 Å². The molecule has 3 aromatic rings. The number of ketones is 2. The summed E-state index contributed by atoms with van der Waals surface area (Å²) in [4.78, 5) is 25.0. The van der Waals surface area contributed by atoms with Gasteiger partial charge in [0.05, 0.1) is 5.92 Å². The predicted octanol–water partition coefficient (Wildman–Crippen LogP) is 4.77. The summed E-state index contributed by atoms with van der Waals surface area (Å²) in [5, 5.41) is 9.80. The molecule has 0 spiro atoms. The number of hydrogen-bond donors (Lipinski definition) is 1. The zero-order valence-corrected chi connectivity index (χ0v) is 16.2. The topological polar surface area (TPSA) is 72.8 Å². The second-order valence-corrected chi connectivity index (χ2v) is 7.00. The highest BCUT2D eigenvalue weighted by atomic mass is 16.5. The van der Waals surface area contributed by atoms with Crippen molar-refractivity contribution in [3.63, 3.8) is 0 Å². The van der Waals surface area contributed by atoms with E-state index in [1.807, 2.05) is 18.2 Å². The van der Waals surface area contributed by atoms with Crippen LogP contribution in [0.25, 0.3) is 0 Å². The van der Waals surface area contributed by atoms with Crippen molar-refractivity contribution < 1.29 is 24.2 Å². The number of carbonyl (C=O) groups is 2. The van der Waals surface area contributed by atoms with Gasteiger partial charge in [-0.05, 0) is 42.5 Å². The molecule has 1 aliphatic rings. The largest absolute Gasteiger partial charge is 0.508 e. The molecule has 0 radical (unpaired) electrons. The van der Waals surface area contributed by atoms with Crippen molar-refractivity contribution in [2.75, 3.05) is 6.61 Å². The molecule has 2 unspecified atom stereocenters. The summed E-state index contributed by atoms with van der Waals surface area (Å²) in [5.74, 6) is 0.248. The zero-order valence-electron chi connectivity index (χ0n) is 16.2. The molecule has 0 aromatic heterocycles. The van der Waals surface area contributed by atoms with E-state index in [4.69, 9.17) is 9.47 Å². The van der Waals surface area contributed by atoms with Crippen LogP contribution in [0.2, 0.25) is 0 Å². The van der Waals surface area contributed by atoms with Crippen molar-refractivity contribution in [2.45, 2.75) is 6.10 Å². The Balaban J connectivity index is 1.68. The lowest BCUT2D eigenvalue weighted by molar-refractivity contribution is 0.0517. The summed E-state index contributed by atoms with van der Waals surface area (Å²) in [6.45, 7) is 3.62. The molecule has 5 heteroatoms. The first-order chi connectivity index (χ1) is 14.6. The number of phenolic OH excluding ortho intramolecular Hbond substituents is 1. The lowest BCUT2D eigenvalue weighted by Crippen LogP contribution is -2.35.